The van der Waals surface area contributed by atoms with Crippen molar-refractivity contribution >= 4 is 5.91 Å². The van der Waals surface area contributed by atoms with E-state index in [-0.39, 0.29) is 24.4 Å². The Morgan fingerprint density at radius 3 is 2.71 bits per heavy atom. The third-order valence-electron chi connectivity index (χ3n) is 2.88. The van der Waals surface area contributed by atoms with Gasteiger partial charge in [0, 0.05) is 30.3 Å². The van der Waals surface area contributed by atoms with Crippen molar-refractivity contribution in [3.63, 3.8) is 0 Å². The first-order chi connectivity index (χ1) is 9.70. The number of nitrogens with one attached hydrogen (secondary N) is 1. The van der Waals surface area contributed by atoms with Gasteiger partial charge < -0.3 is 15.8 Å². The number of nitrogens with zero attached hydrogens (tertiary/aromatic N) is 1. The fraction of sp³-hybridized carbons (Fsp3) is 0.538. The second kappa shape index (κ2) is 7.26. The van der Waals surface area contributed by atoms with Crippen molar-refractivity contribution in [1.82, 2.24) is 10.3 Å². The van der Waals surface area contributed by atoms with Crippen molar-refractivity contribution in [3.05, 3.63) is 23.9 Å². The molecule has 0 spiro atoms. The largest absolute Gasteiger partial charge is 0.468 e. The molecule has 0 radical (unpaired) electrons. The number of ether oxygens (including phenoxy) is 1. The number of rotatable bonds is 6. The maximum absolute atomic E-state index is 12.1. The normalized spacial score (nSPS) is 14.4. The topological polar surface area (TPSA) is 77.2 Å². The lowest BCUT2D eigenvalue weighted by atomic mass is 10.0. The van der Waals surface area contributed by atoms with E-state index in [0.29, 0.717) is 5.56 Å². The van der Waals surface area contributed by atoms with Crippen LogP contribution in [-0.4, -0.2) is 29.7 Å². The Morgan fingerprint density at radius 2 is 2.14 bits per heavy atom. The first kappa shape index (κ1) is 17.2. The summed E-state index contributed by atoms with van der Waals surface area (Å²) in [5, 5.41) is 2.60. The molecule has 8 heteroatoms. The molecule has 1 aromatic rings. The van der Waals surface area contributed by atoms with Crippen molar-refractivity contribution in [2.45, 2.75) is 32.6 Å². The van der Waals surface area contributed by atoms with E-state index in [0.717, 1.165) is 0 Å². The van der Waals surface area contributed by atoms with Crippen LogP contribution >= 0.6 is 0 Å². The summed E-state index contributed by atoms with van der Waals surface area (Å²) in [6.45, 7) is 1.97. The van der Waals surface area contributed by atoms with Crippen LogP contribution in [0.4, 0.5) is 13.2 Å². The summed E-state index contributed by atoms with van der Waals surface area (Å²) in [4.78, 5) is 15.5. The molecule has 2 unspecified atom stereocenters. The van der Waals surface area contributed by atoms with Gasteiger partial charge in [-0.05, 0) is 13.0 Å². The van der Waals surface area contributed by atoms with Gasteiger partial charge in [-0.15, -0.1) is 0 Å². The van der Waals surface area contributed by atoms with Crippen LogP contribution in [-0.2, 0) is 11.3 Å². The number of pyridine rings is 1. The van der Waals surface area contributed by atoms with E-state index in [1.54, 1.807) is 19.9 Å². The van der Waals surface area contributed by atoms with Gasteiger partial charge in [0.1, 0.15) is 0 Å². The number of aromatic nitrogens is 1. The Labute approximate surface area is 120 Å². The van der Waals surface area contributed by atoms with Gasteiger partial charge in [0.15, 0.2) is 6.61 Å². The monoisotopic (exact) mass is 305 g/mol. The highest BCUT2D eigenvalue weighted by Crippen LogP contribution is 2.19. The second-order valence-electron chi connectivity index (χ2n) is 4.74. The third-order valence-corrected chi connectivity index (χ3v) is 2.88. The minimum atomic E-state index is -4.44. The molecule has 1 rings (SSSR count). The van der Waals surface area contributed by atoms with E-state index in [1.165, 1.54) is 12.3 Å². The van der Waals surface area contributed by atoms with E-state index in [1.807, 2.05) is 0 Å². The second-order valence-corrected chi connectivity index (χ2v) is 4.74. The van der Waals surface area contributed by atoms with Crippen LogP contribution in [0.2, 0.25) is 0 Å². The van der Waals surface area contributed by atoms with Crippen molar-refractivity contribution in [2.24, 2.45) is 11.7 Å². The Balaban J connectivity index is 2.65. The Morgan fingerprint density at radius 1 is 1.48 bits per heavy atom. The summed E-state index contributed by atoms with van der Waals surface area (Å²) >= 11 is 0. The predicted molar refractivity (Wildman–Crippen MR) is 70.4 cm³/mol. The van der Waals surface area contributed by atoms with Gasteiger partial charge in [-0.2, -0.15) is 13.2 Å². The molecule has 3 N–H and O–H groups in total. The summed E-state index contributed by atoms with van der Waals surface area (Å²) in [6.07, 6.45) is -3.12. The van der Waals surface area contributed by atoms with Crippen molar-refractivity contribution in [1.29, 1.82) is 0 Å². The fourth-order valence-electron chi connectivity index (χ4n) is 1.42. The summed E-state index contributed by atoms with van der Waals surface area (Å²) in [6, 6.07) is 2.77. The predicted octanol–water partition coefficient (Wildman–Crippen LogP) is 1.62. The third kappa shape index (κ3) is 5.99. The summed E-state index contributed by atoms with van der Waals surface area (Å²) in [5.74, 6) is -0.833. The molecule has 21 heavy (non-hydrogen) atoms. The molecule has 1 heterocycles. The SMILES string of the molecule is CC(N)C(C)C(=O)NCc1cccnc1OCC(F)(F)F. The van der Waals surface area contributed by atoms with Crippen LogP contribution in [0.25, 0.3) is 0 Å². The maximum atomic E-state index is 12.1. The molecule has 1 aromatic heterocycles. The van der Waals surface area contributed by atoms with Crippen LogP contribution in [0.5, 0.6) is 5.88 Å². The maximum Gasteiger partial charge on any atom is 0.422 e. The van der Waals surface area contributed by atoms with Crippen molar-refractivity contribution in [3.8, 4) is 5.88 Å². The first-order valence-corrected chi connectivity index (χ1v) is 6.37. The molecule has 5 nitrogen and oxygen atoms in total. The molecular weight excluding hydrogens is 287 g/mol. The highest BCUT2D eigenvalue weighted by atomic mass is 19.4. The summed E-state index contributed by atoms with van der Waals surface area (Å²) in [5.41, 5.74) is 5.98. The van der Waals surface area contributed by atoms with E-state index < -0.39 is 18.7 Å². The van der Waals surface area contributed by atoms with Crippen molar-refractivity contribution < 1.29 is 22.7 Å². The lowest BCUT2D eigenvalue weighted by molar-refractivity contribution is -0.154. The van der Waals surface area contributed by atoms with Gasteiger partial charge in [-0.1, -0.05) is 13.0 Å². The van der Waals surface area contributed by atoms with Gasteiger partial charge in [0.2, 0.25) is 11.8 Å². The molecule has 0 aliphatic heterocycles. The van der Waals surface area contributed by atoms with Crippen molar-refractivity contribution in [2.75, 3.05) is 6.61 Å². The smallest absolute Gasteiger partial charge is 0.422 e. The number of carbonyl (C=O) groups excluding carboxylic acids is 1. The number of alkyl halides is 3. The van der Waals surface area contributed by atoms with E-state index in [2.05, 4.69) is 15.0 Å². The van der Waals surface area contributed by atoms with Crippen LogP contribution in [0.15, 0.2) is 18.3 Å². The summed E-state index contributed by atoms with van der Waals surface area (Å²) < 4.78 is 41.1. The van der Waals surface area contributed by atoms with E-state index in [4.69, 9.17) is 5.73 Å². The molecule has 0 aliphatic carbocycles. The number of nitrogens with two attached hydrogens (primary N) is 1. The minimum absolute atomic E-state index is 0.0247. The van der Waals surface area contributed by atoms with Crippen LogP contribution < -0.4 is 15.8 Å². The van der Waals surface area contributed by atoms with Gasteiger partial charge in [-0.25, -0.2) is 4.98 Å². The molecule has 1 amide bonds. The highest BCUT2D eigenvalue weighted by Gasteiger charge is 2.29. The zero-order valence-corrected chi connectivity index (χ0v) is 11.8. The Kier molecular flexibility index (Phi) is 5.95. The lowest BCUT2D eigenvalue weighted by Gasteiger charge is -2.16. The van der Waals surface area contributed by atoms with Gasteiger partial charge >= 0.3 is 6.18 Å². The van der Waals surface area contributed by atoms with Gasteiger partial charge in [0.05, 0.1) is 0 Å². The first-order valence-electron chi connectivity index (χ1n) is 6.37. The lowest BCUT2D eigenvalue weighted by Crippen LogP contribution is -2.38. The molecule has 118 valence electrons. The Bertz CT molecular complexity index is 478. The minimum Gasteiger partial charge on any atom is -0.468 e. The summed E-state index contributed by atoms with van der Waals surface area (Å²) in [7, 11) is 0. The van der Waals surface area contributed by atoms with Gasteiger partial charge in [0.25, 0.3) is 0 Å². The molecular formula is C13H18F3N3O2. The Hall–Kier alpha value is -1.83. The number of hydrogen-bond acceptors (Lipinski definition) is 4. The number of amides is 1. The van der Waals surface area contributed by atoms with Crippen LogP contribution in [0, 0.1) is 5.92 Å². The zero-order chi connectivity index (χ0) is 16.0. The standard InChI is InChI=1S/C13H18F3N3O2/c1-8(9(2)17)11(20)19-6-10-4-3-5-18-12(10)21-7-13(14,15)16/h3-5,8-9H,6-7,17H2,1-2H3,(H,19,20). The molecule has 2 atom stereocenters. The van der Waals surface area contributed by atoms with Crippen LogP contribution in [0.3, 0.4) is 0 Å². The average molecular weight is 305 g/mol. The molecule has 0 aliphatic rings. The quantitative estimate of drug-likeness (QED) is 0.837. The average Bonchev–Trinajstić information content (AvgIpc) is 2.41. The molecule has 0 saturated carbocycles. The fourth-order valence-corrected chi connectivity index (χ4v) is 1.42. The van der Waals surface area contributed by atoms with Crippen LogP contribution in [0.1, 0.15) is 19.4 Å². The zero-order valence-electron chi connectivity index (χ0n) is 11.8. The molecule has 0 saturated heterocycles. The number of halogens is 3. The van der Waals surface area contributed by atoms with Gasteiger partial charge in [-0.3, -0.25) is 4.79 Å². The van der Waals surface area contributed by atoms with E-state index in [9.17, 15) is 18.0 Å². The highest BCUT2D eigenvalue weighted by molar-refractivity contribution is 5.78. The molecule has 0 fully saturated rings. The number of hydrogen-bond donors (Lipinski definition) is 2. The van der Waals surface area contributed by atoms with E-state index >= 15 is 0 Å². The number of carbonyl (C=O) groups is 1. The molecule has 0 aromatic carbocycles. The molecule has 0 bridgehead atoms.